The third-order valence-electron chi connectivity index (χ3n) is 2.62. The van der Waals surface area contributed by atoms with Gasteiger partial charge in [0.25, 0.3) is 0 Å². The molecule has 0 aliphatic carbocycles. The Kier molecular flexibility index (Phi) is 3.91. The molecule has 1 unspecified atom stereocenters. The van der Waals surface area contributed by atoms with Crippen molar-refractivity contribution >= 4 is 5.97 Å². The highest BCUT2D eigenvalue weighted by Crippen LogP contribution is 2.21. The summed E-state index contributed by atoms with van der Waals surface area (Å²) in [5.74, 6) is -0.483. The molecule has 1 rings (SSSR count). The molecular weight excluding hydrogens is 214 g/mol. The topological polar surface area (TPSA) is 39.2 Å². The molecule has 1 aromatic heterocycles. The molecule has 94 valence electrons. The van der Waals surface area contributed by atoms with E-state index in [9.17, 15) is 4.79 Å². The SMILES string of the molecule is Cc1cc(C(C)C(=O)OC(C)(C)C)cnc1C. The summed E-state index contributed by atoms with van der Waals surface area (Å²) in [5.41, 5.74) is 2.55. The molecule has 0 aliphatic heterocycles. The van der Waals surface area contributed by atoms with Crippen LogP contribution in [0.2, 0.25) is 0 Å². The molecule has 0 amide bonds. The summed E-state index contributed by atoms with van der Waals surface area (Å²) in [7, 11) is 0. The van der Waals surface area contributed by atoms with Crippen LogP contribution in [0.4, 0.5) is 0 Å². The summed E-state index contributed by atoms with van der Waals surface area (Å²) in [4.78, 5) is 16.2. The van der Waals surface area contributed by atoms with Gasteiger partial charge in [0.05, 0.1) is 5.92 Å². The first kappa shape index (κ1) is 13.7. The van der Waals surface area contributed by atoms with Crippen molar-refractivity contribution in [1.29, 1.82) is 0 Å². The highest BCUT2D eigenvalue weighted by molar-refractivity contribution is 5.78. The minimum atomic E-state index is -0.446. The van der Waals surface area contributed by atoms with Crippen LogP contribution in [0.3, 0.4) is 0 Å². The van der Waals surface area contributed by atoms with E-state index >= 15 is 0 Å². The van der Waals surface area contributed by atoms with Crippen molar-refractivity contribution in [2.45, 2.75) is 53.1 Å². The lowest BCUT2D eigenvalue weighted by Gasteiger charge is -2.22. The van der Waals surface area contributed by atoms with Crippen LogP contribution in [0.15, 0.2) is 12.3 Å². The van der Waals surface area contributed by atoms with Gasteiger partial charge in [-0.05, 0) is 52.7 Å². The Labute approximate surface area is 103 Å². The fourth-order valence-corrected chi connectivity index (χ4v) is 1.43. The van der Waals surface area contributed by atoms with E-state index in [1.54, 1.807) is 6.20 Å². The average molecular weight is 235 g/mol. The molecule has 0 aliphatic rings. The van der Waals surface area contributed by atoms with Crippen LogP contribution in [0.1, 0.15) is 50.4 Å². The lowest BCUT2D eigenvalue weighted by atomic mass is 10.0. The number of nitrogens with zero attached hydrogens (tertiary/aromatic N) is 1. The monoisotopic (exact) mass is 235 g/mol. The predicted molar refractivity (Wildman–Crippen MR) is 68.0 cm³/mol. The van der Waals surface area contributed by atoms with Gasteiger partial charge in [0, 0.05) is 11.9 Å². The largest absolute Gasteiger partial charge is 0.460 e. The maximum absolute atomic E-state index is 11.9. The molecule has 17 heavy (non-hydrogen) atoms. The zero-order valence-corrected chi connectivity index (χ0v) is 11.5. The lowest BCUT2D eigenvalue weighted by Crippen LogP contribution is -2.26. The first-order valence-electron chi connectivity index (χ1n) is 5.86. The third-order valence-corrected chi connectivity index (χ3v) is 2.62. The molecule has 3 heteroatoms. The minimum absolute atomic E-state index is 0.206. The van der Waals surface area contributed by atoms with Crippen molar-refractivity contribution in [2.24, 2.45) is 0 Å². The van der Waals surface area contributed by atoms with E-state index in [4.69, 9.17) is 4.74 Å². The molecule has 0 fully saturated rings. The van der Waals surface area contributed by atoms with E-state index in [2.05, 4.69) is 4.98 Å². The second-order valence-electron chi connectivity index (χ2n) is 5.43. The van der Waals surface area contributed by atoms with Crippen LogP contribution >= 0.6 is 0 Å². The van der Waals surface area contributed by atoms with Crippen molar-refractivity contribution in [3.05, 3.63) is 29.1 Å². The van der Waals surface area contributed by atoms with Crippen molar-refractivity contribution in [2.75, 3.05) is 0 Å². The van der Waals surface area contributed by atoms with E-state index in [0.29, 0.717) is 0 Å². The van der Waals surface area contributed by atoms with Gasteiger partial charge in [0.1, 0.15) is 5.60 Å². The van der Waals surface area contributed by atoms with Crippen LogP contribution in [0.5, 0.6) is 0 Å². The van der Waals surface area contributed by atoms with Gasteiger partial charge in [-0.25, -0.2) is 0 Å². The van der Waals surface area contributed by atoms with Gasteiger partial charge < -0.3 is 4.74 Å². The standard InChI is InChI=1S/C14H21NO2/c1-9-7-12(8-15-11(9)3)10(2)13(16)17-14(4,5)6/h7-8,10H,1-6H3. The number of hydrogen-bond donors (Lipinski definition) is 0. The van der Waals surface area contributed by atoms with Crippen molar-refractivity contribution in [3.63, 3.8) is 0 Å². The molecule has 0 spiro atoms. The predicted octanol–water partition coefficient (Wildman–Crippen LogP) is 3.14. The van der Waals surface area contributed by atoms with Gasteiger partial charge in [-0.2, -0.15) is 0 Å². The summed E-state index contributed by atoms with van der Waals surface area (Å²) in [5, 5.41) is 0. The van der Waals surface area contributed by atoms with Gasteiger partial charge in [0.15, 0.2) is 0 Å². The van der Waals surface area contributed by atoms with Crippen LogP contribution in [0, 0.1) is 13.8 Å². The number of esters is 1. The van der Waals surface area contributed by atoms with Gasteiger partial charge in [-0.3, -0.25) is 9.78 Å². The Bertz CT molecular complexity index is 419. The summed E-state index contributed by atoms with van der Waals surface area (Å²) in [6.45, 7) is 11.4. The number of rotatable bonds is 2. The third kappa shape index (κ3) is 3.84. The maximum atomic E-state index is 11.9. The summed E-state index contributed by atoms with van der Waals surface area (Å²) >= 11 is 0. The van der Waals surface area contributed by atoms with Crippen molar-refractivity contribution in [1.82, 2.24) is 4.98 Å². The molecule has 1 heterocycles. The molecule has 1 atom stereocenters. The molecule has 1 aromatic rings. The van der Waals surface area contributed by atoms with E-state index in [1.807, 2.05) is 47.6 Å². The molecule has 0 radical (unpaired) electrons. The van der Waals surface area contributed by atoms with E-state index in [-0.39, 0.29) is 11.9 Å². The zero-order chi connectivity index (χ0) is 13.2. The second-order valence-corrected chi connectivity index (χ2v) is 5.43. The number of pyridine rings is 1. The molecule has 0 bridgehead atoms. The Morgan fingerprint density at radius 3 is 2.41 bits per heavy atom. The second kappa shape index (κ2) is 4.86. The number of ether oxygens (including phenoxy) is 1. The van der Waals surface area contributed by atoms with Crippen LogP contribution in [-0.2, 0) is 9.53 Å². The fraction of sp³-hybridized carbons (Fsp3) is 0.571. The first-order valence-corrected chi connectivity index (χ1v) is 5.86. The normalized spacial score (nSPS) is 13.3. The van der Waals surface area contributed by atoms with Gasteiger partial charge in [0.2, 0.25) is 0 Å². The number of aryl methyl sites for hydroxylation is 2. The zero-order valence-electron chi connectivity index (χ0n) is 11.5. The van der Waals surface area contributed by atoms with Gasteiger partial charge in [-0.1, -0.05) is 6.07 Å². The molecular formula is C14H21NO2. The van der Waals surface area contributed by atoms with E-state index in [0.717, 1.165) is 16.8 Å². The summed E-state index contributed by atoms with van der Waals surface area (Å²) in [6.07, 6.45) is 1.75. The van der Waals surface area contributed by atoms with Gasteiger partial charge >= 0.3 is 5.97 Å². The summed E-state index contributed by atoms with van der Waals surface area (Å²) in [6, 6.07) is 2.00. The molecule has 3 nitrogen and oxygen atoms in total. The van der Waals surface area contributed by atoms with Crippen LogP contribution in [0.25, 0.3) is 0 Å². The number of carbonyl (C=O) groups is 1. The Hall–Kier alpha value is -1.38. The fourth-order valence-electron chi connectivity index (χ4n) is 1.43. The van der Waals surface area contributed by atoms with Crippen molar-refractivity contribution < 1.29 is 9.53 Å². The van der Waals surface area contributed by atoms with Crippen LogP contribution in [-0.4, -0.2) is 16.6 Å². The molecule has 0 saturated heterocycles. The van der Waals surface area contributed by atoms with E-state index in [1.165, 1.54) is 0 Å². The quantitative estimate of drug-likeness (QED) is 0.739. The number of hydrogen-bond acceptors (Lipinski definition) is 3. The summed E-state index contributed by atoms with van der Waals surface area (Å²) < 4.78 is 5.36. The Morgan fingerprint density at radius 2 is 1.94 bits per heavy atom. The molecule has 0 aromatic carbocycles. The average Bonchev–Trinajstić information content (AvgIpc) is 2.18. The Morgan fingerprint density at radius 1 is 1.35 bits per heavy atom. The lowest BCUT2D eigenvalue weighted by molar-refractivity contribution is -0.156. The van der Waals surface area contributed by atoms with Crippen molar-refractivity contribution in [3.8, 4) is 0 Å². The molecule has 0 saturated carbocycles. The minimum Gasteiger partial charge on any atom is -0.460 e. The smallest absolute Gasteiger partial charge is 0.313 e. The Balaban J connectivity index is 2.85. The van der Waals surface area contributed by atoms with Crippen LogP contribution < -0.4 is 0 Å². The number of aromatic nitrogens is 1. The number of carbonyl (C=O) groups excluding carboxylic acids is 1. The highest BCUT2D eigenvalue weighted by atomic mass is 16.6. The highest BCUT2D eigenvalue weighted by Gasteiger charge is 2.23. The maximum Gasteiger partial charge on any atom is 0.313 e. The van der Waals surface area contributed by atoms with Gasteiger partial charge in [-0.15, -0.1) is 0 Å². The first-order chi connectivity index (χ1) is 7.70. The van der Waals surface area contributed by atoms with E-state index < -0.39 is 5.60 Å². The molecule has 0 N–H and O–H groups in total.